The fourth-order valence-corrected chi connectivity index (χ4v) is 2.57. The molecule has 2 aromatic carbocycles. The van der Waals surface area contributed by atoms with Crippen LogP contribution in [0.1, 0.15) is 11.1 Å². The Labute approximate surface area is 218 Å². The van der Waals surface area contributed by atoms with Crippen molar-refractivity contribution in [2.75, 3.05) is 16.2 Å². The van der Waals surface area contributed by atoms with Crippen molar-refractivity contribution in [2.45, 2.75) is 0 Å². The minimum Gasteiger partial charge on any atom is -0.504 e. The van der Waals surface area contributed by atoms with Crippen LogP contribution in [0, 0.1) is 11.3 Å². The number of alkyl halides is 2. The SMILES string of the molecule is CO/C=C(/C(=O)CO)c1ccccc1Oc1cc(Oc2ccccc2C#N)ncn1.ICI. The maximum atomic E-state index is 12.1. The summed E-state index contributed by atoms with van der Waals surface area (Å²) >= 11 is 4.55. The van der Waals surface area contributed by atoms with E-state index in [1.165, 1.54) is 28.2 Å². The Hall–Kier alpha value is -2.76. The van der Waals surface area contributed by atoms with Crippen LogP contribution in [0.5, 0.6) is 23.3 Å². The number of aromatic nitrogens is 2. The van der Waals surface area contributed by atoms with E-state index >= 15 is 0 Å². The Morgan fingerprint density at radius 2 is 1.64 bits per heavy atom. The Bertz CT molecular complexity index is 1150. The van der Waals surface area contributed by atoms with E-state index in [1.54, 1.807) is 48.5 Å². The van der Waals surface area contributed by atoms with E-state index in [-0.39, 0.29) is 17.3 Å². The third kappa shape index (κ3) is 7.95. The number of methoxy groups -OCH3 is 1. The van der Waals surface area contributed by atoms with Crippen molar-refractivity contribution in [2.24, 2.45) is 0 Å². The predicted octanol–water partition coefficient (Wildman–Crippen LogP) is 5.30. The number of carbonyl (C=O) groups is 1. The molecule has 1 aromatic heterocycles. The number of benzene rings is 2. The van der Waals surface area contributed by atoms with Crippen LogP contribution in [0.4, 0.5) is 0 Å². The van der Waals surface area contributed by atoms with Gasteiger partial charge >= 0.3 is 0 Å². The summed E-state index contributed by atoms with van der Waals surface area (Å²) in [6, 6.07) is 17.0. The van der Waals surface area contributed by atoms with Gasteiger partial charge in [-0.2, -0.15) is 5.26 Å². The van der Waals surface area contributed by atoms with Gasteiger partial charge < -0.3 is 19.3 Å². The zero-order chi connectivity index (χ0) is 24.1. The molecule has 10 heteroatoms. The largest absolute Gasteiger partial charge is 0.504 e. The van der Waals surface area contributed by atoms with Crippen LogP contribution in [0.2, 0.25) is 0 Å². The monoisotopic (exact) mass is 671 g/mol. The first kappa shape index (κ1) is 26.5. The highest BCUT2D eigenvalue weighted by Gasteiger charge is 2.17. The zero-order valence-corrected chi connectivity index (χ0v) is 21.8. The number of nitriles is 1. The number of Topliss-reactive ketones (excluding diaryl/α,β-unsaturated/α-hetero) is 1. The number of halogens is 2. The van der Waals surface area contributed by atoms with Gasteiger partial charge in [0, 0.05) is 5.56 Å². The number of aliphatic hydroxyl groups excluding tert-OH is 1. The Morgan fingerprint density at radius 3 is 2.24 bits per heavy atom. The molecule has 0 aliphatic rings. The van der Waals surface area contributed by atoms with Crippen molar-refractivity contribution < 1.29 is 24.1 Å². The number of ketones is 1. The first-order valence-electron chi connectivity index (χ1n) is 9.33. The van der Waals surface area contributed by atoms with Crippen molar-refractivity contribution >= 4 is 56.5 Å². The lowest BCUT2D eigenvalue weighted by atomic mass is 10.0. The average molecular weight is 671 g/mol. The molecule has 8 nitrogen and oxygen atoms in total. The Balaban J connectivity index is 0.00000122. The number of hydrogen-bond acceptors (Lipinski definition) is 8. The van der Waals surface area contributed by atoms with Crippen molar-refractivity contribution in [1.29, 1.82) is 5.26 Å². The molecule has 170 valence electrons. The first-order chi connectivity index (χ1) is 16.1. The van der Waals surface area contributed by atoms with Gasteiger partial charge in [0.05, 0.1) is 33.0 Å². The molecule has 0 spiro atoms. The van der Waals surface area contributed by atoms with E-state index in [0.717, 1.165) is 0 Å². The van der Waals surface area contributed by atoms with Gasteiger partial charge in [-0.05, 0) is 18.2 Å². The second kappa shape index (κ2) is 14.4. The number of para-hydroxylation sites is 2. The second-order valence-corrected chi connectivity index (χ2v) is 10.4. The minimum absolute atomic E-state index is 0.157. The summed E-state index contributed by atoms with van der Waals surface area (Å²) in [7, 11) is 1.40. The minimum atomic E-state index is -0.673. The van der Waals surface area contributed by atoms with Gasteiger partial charge in [-0.15, -0.1) is 0 Å². The molecule has 0 bridgehead atoms. The highest BCUT2D eigenvalue weighted by atomic mass is 127. The van der Waals surface area contributed by atoms with Crippen molar-refractivity contribution in [3.63, 3.8) is 0 Å². The van der Waals surface area contributed by atoms with Crippen LogP contribution >= 0.6 is 45.2 Å². The topological polar surface area (TPSA) is 115 Å². The molecule has 3 aromatic rings. The van der Waals surface area contributed by atoms with Crippen molar-refractivity contribution in [3.05, 3.63) is 78.3 Å². The standard InChI is InChI=1S/C22H17N3O5.CH2I2/c1-28-13-17(18(27)12-26)16-7-3-5-9-20(16)30-22-10-21(24-14-25-22)29-19-8-4-2-6-15(19)11-23;2-1-3/h2-10,13-14,26H,12H2,1H3;1H2/b17-13+;. The molecule has 0 unspecified atom stereocenters. The van der Waals surface area contributed by atoms with Gasteiger partial charge in [0.2, 0.25) is 11.8 Å². The Kier molecular flexibility index (Phi) is 11.6. The van der Waals surface area contributed by atoms with E-state index in [9.17, 15) is 15.2 Å². The van der Waals surface area contributed by atoms with Crippen LogP contribution < -0.4 is 9.47 Å². The third-order valence-electron chi connectivity index (χ3n) is 3.91. The smallest absolute Gasteiger partial charge is 0.226 e. The second-order valence-electron chi connectivity index (χ2n) is 5.95. The molecule has 0 amide bonds. The van der Waals surface area contributed by atoms with Gasteiger partial charge in [-0.1, -0.05) is 75.5 Å². The number of hydrogen-bond donors (Lipinski definition) is 1. The average Bonchev–Trinajstić information content (AvgIpc) is 2.84. The molecule has 1 heterocycles. The lowest BCUT2D eigenvalue weighted by Crippen LogP contribution is -2.08. The lowest BCUT2D eigenvalue weighted by Gasteiger charge is -2.12. The summed E-state index contributed by atoms with van der Waals surface area (Å²) in [4.78, 5) is 20.2. The van der Waals surface area contributed by atoms with Gasteiger partial charge in [0.25, 0.3) is 0 Å². The summed E-state index contributed by atoms with van der Waals surface area (Å²) in [5.41, 5.74) is 0.944. The van der Waals surface area contributed by atoms with Gasteiger partial charge in [0.1, 0.15) is 30.5 Å². The molecular weight excluding hydrogens is 652 g/mol. The molecule has 0 saturated heterocycles. The molecule has 0 fully saturated rings. The molecule has 0 atom stereocenters. The summed E-state index contributed by atoms with van der Waals surface area (Å²) in [6.45, 7) is -0.673. The zero-order valence-electron chi connectivity index (χ0n) is 17.4. The van der Waals surface area contributed by atoms with E-state index in [2.05, 4.69) is 55.1 Å². The highest BCUT2D eigenvalue weighted by molar-refractivity contribution is 14.2. The Morgan fingerprint density at radius 1 is 1.06 bits per heavy atom. The van der Waals surface area contributed by atoms with E-state index in [4.69, 9.17) is 14.2 Å². The maximum absolute atomic E-state index is 12.1. The van der Waals surface area contributed by atoms with Crippen LogP contribution in [0.25, 0.3) is 5.57 Å². The van der Waals surface area contributed by atoms with Gasteiger partial charge in [-0.25, -0.2) is 9.97 Å². The molecule has 1 N–H and O–H groups in total. The molecule has 0 saturated carbocycles. The first-order valence-corrected chi connectivity index (χ1v) is 12.4. The molecular formula is C23H19I2N3O5. The number of ether oxygens (including phenoxy) is 3. The normalized spacial score (nSPS) is 10.3. The summed E-state index contributed by atoms with van der Waals surface area (Å²) < 4.78 is 17.7. The highest BCUT2D eigenvalue weighted by Crippen LogP contribution is 2.31. The third-order valence-corrected chi connectivity index (χ3v) is 3.91. The summed E-state index contributed by atoms with van der Waals surface area (Å²) in [5, 5.41) is 18.4. The number of rotatable bonds is 8. The quantitative estimate of drug-likeness (QED) is 0.149. The summed E-state index contributed by atoms with van der Waals surface area (Å²) in [5.74, 6) is 0.496. The molecule has 0 radical (unpaired) electrons. The van der Waals surface area contributed by atoms with E-state index in [1.807, 2.05) is 6.07 Å². The van der Waals surface area contributed by atoms with E-state index in [0.29, 0.717) is 22.6 Å². The number of aliphatic hydroxyl groups is 1. The van der Waals surface area contributed by atoms with Gasteiger partial charge in [-0.3, -0.25) is 4.79 Å². The maximum Gasteiger partial charge on any atom is 0.226 e. The van der Waals surface area contributed by atoms with E-state index < -0.39 is 12.4 Å². The molecule has 0 aliphatic carbocycles. The fourth-order valence-electron chi connectivity index (χ4n) is 2.57. The lowest BCUT2D eigenvalue weighted by molar-refractivity contribution is -0.116. The van der Waals surface area contributed by atoms with Crippen molar-refractivity contribution in [1.82, 2.24) is 9.97 Å². The van der Waals surface area contributed by atoms with Crippen LogP contribution in [0.15, 0.2) is 67.2 Å². The van der Waals surface area contributed by atoms with Crippen molar-refractivity contribution in [3.8, 4) is 29.3 Å². The van der Waals surface area contributed by atoms with Gasteiger partial charge in [0.15, 0.2) is 5.78 Å². The number of carbonyl (C=O) groups excluding carboxylic acids is 1. The predicted molar refractivity (Wildman–Crippen MR) is 140 cm³/mol. The molecule has 3 rings (SSSR count). The van der Waals surface area contributed by atoms with Crippen LogP contribution in [-0.2, 0) is 9.53 Å². The number of nitrogens with zero attached hydrogens (tertiary/aromatic N) is 3. The molecule has 0 aliphatic heterocycles. The fraction of sp³-hybridized carbons (Fsp3) is 0.130. The summed E-state index contributed by atoms with van der Waals surface area (Å²) in [6.07, 6.45) is 2.50. The van der Waals surface area contributed by atoms with Crippen LogP contribution in [-0.4, -0.2) is 37.0 Å². The van der Waals surface area contributed by atoms with Crippen LogP contribution in [0.3, 0.4) is 0 Å². The molecule has 33 heavy (non-hydrogen) atoms.